The van der Waals surface area contributed by atoms with Crippen molar-refractivity contribution in [1.29, 1.82) is 0 Å². The highest BCUT2D eigenvalue weighted by Gasteiger charge is 2.39. The van der Waals surface area contributed by atoms with Crippen molar-refractivity contribution in [2.45, 2.75) is 30.0 Å². The highest BCUT2D eigenvalue weighted by molar-refractivity contribution is 8.01. The van der Waals surface area contributed by atoms with Crippen molar-refractivity contribution in [3.8, 4) is 0 Å². The number of para-hydroxylation sites is 1. The molecule has 9 heteroatoms. The predicted molar refractivity (Wildman–Crippen MR) is 156 cm³/mol. The number of nitrogens with zero attached hydrogens (tertiary/aromatic N) is 3. The monoisotopic (exact) mass is 564 g/mol. The number of hydrogen-bond donors (Lipinski definition) is 1. The molecule has 0 saturated carbocycles. The van der Waals surface area contributed by atoms with Crippen molar-refractivity contribution in [2.24, 2.45) is 5.92 Å². The molecule has 6 nitrogen and oxygen atoms in total. The van der Waals surface area contributed by atoms with Gasteiger partial charge in [0.15, 0.2) is 0 Å². The third kappa shape index (κ3) is 6.64. The van der Waals surface area contributed by atoms with E-state index in [9.17, 15) is 18.4 Å². The fourth-order valence-corrected chi connectivity index (χ4v) is 6.47. The highest BCUT2D eigenvalue weighted by Crippen LogP contribution is 2.42. The van der Waals surface area contributed by atoms with Gasteiger partial charge in [-0.1, -0.05) is 31.2 Å². The number of carbonyl (C=O) groups excluding carboxylic acids is 2. The second-order valence-corrected chi connectivity index (χ2v) is 11.5. The van der Waals surface area contributed by atoms with E-state index in [1.807, 2.05) is 43.3 Å². The lowest BCUT2D eigenvalue weighted by molar-refractivity contribution is -0.128. The number of anilines is 2. The van der Waals surface area contributed by atoms with Gasteiger partial charge in [0.2, 0.25) is 11.8 Å². The fourth-order valence-electron chi connectivity index (χ4n) is 5.19. The third-order valence-corrected chi connectivity index (χ3v) is 9.02. The van der Waals surface area contributed by atoms with Gasteiger partial charge in [0.1, 0.15) is 16.9 Å². The molecular weight excluding hydrogens is 530 g/mol. The first-order chi connectivity index (χ1) is 19.4. The summed E-state index contributed by atoms with van der Waals surface area (Å²) >= 11 is 1.43. The molecule has 3 aromatic rings. The number of hydrogen-bond acceptors (Lipinski definition) is 5. The number of thioether (sulfide) groups is 1. The lowest BCUT2D eigenvalue weighted by Crippen LogP contribution is -2.48. The van der Waals surface area contributed by atoms with Crippen LogP contribution in [0.3, 0.4) is 0 Å². The molecule has 0 radical (unpaired) electrons. The van der Waals surface area contributed by atoms with Crippen molar-refractivity contribution in [3.05, 3.63) is 90.0 Å². The predicted octanol–water partition coefficient (Wildman–Crippen LogP) is 4.94. The van der Waals surface area contributed by atoms with Gasteiger partial charge in [-0.15, -0.1) is 11.8 Å². The lowest BCUT2D eigenvalue weighted by atomic mass is 10.0. The summed E-state index contributed by atoms with van der Waals surface area (Å²) in [6.45, 7) is 7.14. The van der Waals surface area contributed by atoms with Crippen LogP contribution in [0.4, 0.5) is 20.2 Å². The molecule has 0 bridgehead atoms. The SMILES string of the molecule is CC(C(=O)NCCCN1CCN(c2ccc(F)cc2)CC1)C1Sc2ccccc2N(Cc2ccc(F)cc2)C1=O. The van der Waals surface area contributed by atoms with Crippen molar-refractivity contribution in [1.82, 2.24) is 10.2 Å². The fraction of sp³-hybridized carbons (Fsp3) is 0.355. The molecule has 1 saturated heterocycles. The Morgan fingerprint density at radius 2 is 1.60 bits per heavy atom. The first-order valence-electron chi connectivity index (χ1n) is 13.7. The van der Waals surface area contributed by atoms with Gasteiger partial charge < -0.3 is 15.1 Å². The van der Waals surface area contributed by atoms with Crippen LogP contribution in [0.2, 0.25) is 0 Å². The minimum absolute atomic E-state index is 0.116. The largest absolute Gasteiger partial charge is 0.369 e. The van der Waals surface area contributed by atoms with Crippen LogP contribution >= 0.6 is 11.8 Å². The van der Waals surface area contributed by atoms with E-state index in [0.29, 0.717) is 13.1 Å². The van der Waals surface area contributed by atoms with Crippen molar-refractivity contribution in [2.75, 3.05) is 49.1 Å². The van der Waals surface area contributed by atoms with Gasteiger partial charge in [-0.2, -0.15) is 0 Å². The smallest absolute Gasteiger partial charge is 0.241 e. The Hall–Kier alpha value is -3.43. The van der Waals surface area contributed by atoms with Crippen LogP contribution in [-0.4, -0.2) is 61.2 Å². The molecule has 1 N–H and O–H groups in total. The molecule has 0 spiro atoms. The summed E-state index contributed by atoms with van der Waals surface area (Å²) in [6.07, 6.45) is 0.820. The minimum Gasteiger partial charge on any atom is -0.369 e. The summed E-state index contributed by atoms with van der Waals surface area (Å²) in [5, 5.41) is 2.49. The van der Waals surface area contributed by atoms with Crippen molar-refractivity contribution >= 4 is 35.0 Å². The zero-order chi connectivity index (χ0) is 28.1. The summed E-state index contributed by atoms with van der Waals surface area (Å²) in [7, 11) is 0. The number of piperazine rings is 1. The maximum Gasteiger partial charge on any atom is 0.241 e. The maximum atomic E-state index is 13.6. The Morgan fingerprint density at radius 3 is 2.30 bits per heavy atom. The Kier molecular flexibility index (Phi) is 9.01. The van der Waals surface area contributed by atoms with E-state index in [0.717, 1.165) is 61.0 Å². The van der Waals surface area contributed by atoms with Gasteiger partial charge in [-0.05, 0) is 67.1 Å². The maximum absolute atomic E-state index is 13.6. The molecule has 2 heterocycles. The molecule has 3 aromatic carbocycles. The second kappa shape index (κ2) is 12.8. The van der Waals surface area contributed by atoms with Crippen LogP contribution in [0.5, 0.6) is 0 Å². The van der Waals surface area contributed by atoms with Crippen LogP contribution in [0.1, 0.15) is 18.9 Å². The van der Waals surface area contributed by atoms with Gasteiger partial charge in [0.05, 0.1) is 18.2 Å². The number of rotatable bonds is 9. The number of halogens is 2. The summed E-state index contributed by atoms with van der Waals surface area (Å²) in [6, 6.07) is 20.5. The number of nitrogens with one attached hydrogen (secondary N) is 1. The van der Waals surface area contributed by atoms with Gasteiger partial charge in [-0.3, -0.25) is 14.5 Å². The molecule has 1 fully saturated rings. The Labute approximate surface area is 238 Å². The van der Waals surface area contributed by atoms with E-state index in [4.69, 9.17) is 0 Å². The van der Waals surface area contributed by atoms with Gasteiger partial charge in [0.25, 0.3) is 0 Å². The average Bonchev–Trinajstić information content (AvgIpc) is 2.98. The summed E-state index contributed by atoms with van der Waals surface area (Å²) in [5.41, 5.74) is 2.67. The van der Waals surface area contributed by atoms with E-state index in [2.05, 4.69) is 15.1 Å². The molecule has 0 aliphatic carbocycles. The van der Waals surface area contributed by atoms with Crippen molar-refractivity contribution < 1.29 is 18.4 Å². The number of fused-ring (bicyclic) bond motifs is 1. The van der Waals surface area contributed by atoms with Crippen LogP contribution < -0.4 is 15.1 Å². The number of benzene rings is 3. The molecular formula is C31H34F2N4O2S. The van der Waals surface area contributed by atoms with E-state index < -0.39 is 11.2 Å². The first kappa shape index (κ1) is 28.1. The van der Waals surface area contributed by atoms with Crippen LogP contribution in [0.15, 0.2) is 77.7 Å². The summed E-state index contributed by atoms with van der Waals surface area (Å²) < 4.78 is 26.6. The lowest BCUT2D eigenvalue weighted by Gasteiger charge is -2.36. The zero-order valence-electron chi connectivity index (χ0n) is 22.6. The molecule has 2 aliphatic rings. The minimum atomic E-state index is -0.546. The normalized spacial score (nSPS) is 18.4. The average molecular weight is 565 g/mol. The Balaban J connectivity index is 1.11. The van der Waals surface area contributed by atoms with Crippen LogP contribution in [0.25, 0.3) is 0 Å². The quantitative estimate of drug-likeness (QED) is 0.374. The Bertz CT molecular complexity index is 1310. The molecule has 210 valence electrons. The van der Waals surface area contributed by atoms with Gasteiger partial charge in [0, 0.05) is 43.3 Å². The third-order valence-electron chi connectivity index (χ3n) is 7.56. The van der Waals surface area contributed by atoms with Gasteiger partial charge in [-0.25, -0.2) is 8.78 Å². The highest BCUT2D eigenvalue weighted by atomic mass is 32.2. The molecule has 2 amide bonds. The molecule has 0 aromatic heterocycles. The molecule has 2 unspecified atom stereocenters. The van der Waals surface area contributed by atoms with Crippen molar-refractivity contribution in [3.63, 3.8) is 0 Å². The van der Waals surface area contributed by atoms with E-state index in [1.54, 1.807) is 17.0 Å². The van der Waals surface area contributed by atoms with Crippen LogP contribution in [-0.2, 0) is 16.1 Å². The zero-order valence-corrected chi connectivity index (χ0v) is 23.4. The molecule has 5 rings (SSSR count). The molecule has 2 aliphatic heterocycles. The number of amides is 2. The molecule has 40 heavy (non-hydrogen) atoms. The van der Waals surface area contributed by atoms with E-state index >= 15 is 0 Å². The number of carbonyl (C=O) groups is 2. The first-order valence-corrected chi connectivity index (χ1v) is 14.6. The van der Waals surface area contributed by atoms with E-state index in [1.165, 1.54) is 36.0 Å². The topological polar surface area (TPSA) is 55.9 Å². The summed E-state index contributed by atoms with van der Waals surface area (Å²) in [4.78, 5) is 34.0. The van der Waals surface area contributed by atoms with Crippen LogP contribution in [0, 0.1) is 17.6 Å². The van der Waals surface area contributed by atoms with E-state index in [-0.39, 0.29) is 23.4 Å². The second-order valence-electron chi connectivity index (χ2n) is 10.3. The summed E-state index contributed by atoms with van der Waals surface area (Å²) in [5.74, 6) is -1.30. The Morgan fingerprint density at radius 1 is 0.950 bits per heavy atom. The standard InChI is InChI=1S/C31H34F2N4O2S/c1-22(30(38)34-15-4-16-35-17-19-36(20-18-35)26-13-11-25(33)12-14-26)29-31(39)37(21-23-7-9-24(32)10-8-23)27-5-2-3-6-28(27)40-29/h2-3,5-14,22,29H,4,15-21H2,1H3,(H,34,38). The van der Waals surface area contributed by atoms with Gasteiger partial charge >= 0.3 is 0 Å². The molecule has 2 atom stereocenters.